The lowest BCUT2D eigenvalue weighted by molar-refractivity contribution is -0.143. The highest BCUT2D eigenvalue weighted by atomic mass is 19.4. The maximum Gasteiger partial charge on any atom is 0.389 e. The first-order valence-corrected chi connectivity index (χ1v) is 5.65. The van der Waals surface area contributed by atoms with Crippen LogP contribution in [-0.2, 0) is 4.79 Å². The number of halogens is 3. The van der Waals surface area contributed by atoms with Gasteiger partial charge < -0.3 is 5.11 Å². The van der Waals surface area contributed by atoms with Crippen LogP contribution in [0, 0.1) is 0 Å². The number of carbonyl (C=O) groups excluding carboxylic acids is 1. The van der Waals surface area contributed by atoms with Gasteiger partial charge in [-0.25, -0.2) is 0 Å². The van der Waals surface area contributed by atoms with Gasteiger partial charge in [0.05, 0.1) is 6.42 Å². The van der Waals surface area contributed by atoms with E-state index in [4.69, 9.17) is 5.11 Å². The normalized spacial score (nSPS) is 11.8. The lowest BCUT2D eigenvalue weighted by Crippen LogP contribution is -2.10. The number of ketones is 1. The molecule has 0 unspecified atom stereocenters. The second-order valence-corrected chi connectivity index (χ2v) is 3.90. The van der Waals surface area contributed by atoms with E-state index in [9.17, 15) is 18.0 Å². The van der Waals surface area contributed by atoms with E-state index < -0.39 is 12.6 Å². The molecule has 1 N–H and O–H groups in total. The maximum absolute atomic E-state index is 11.8. The molecule has 0 aliphatic rings. The van der Waals surface area contributed by atoms with E-state index in [0.717, 1.165) is 25.7 Å². The molecule has 0 saturated heterocycles. The van der Waals surface area contributed by atoms with Crippen molar-refractivity contribution < 1.29 is 23.1 Å². The average Bonchev–Trinajstić information content (AvgIpc) is 2.19. The Morgan fingerprint density at radius 2 is 1.50 bits per heavy atom. The molecule has 0 amide bonds. The van der Waals surface area contributed by atoms with Gasteiger partial charge in [-0.3, -0.25) is 4.79 Å². The minimum Gasteiger partial charge on any atom is -0.396 e. The van der Waals surface area contributed by atoms with Crippen LogP contribution in [0.1, 0.15) is 51.4 Å². The molecule has 0 aliphatic carbocycles. The molecule has 0 aromatic rings. The molecule has 5 heteroatoms. The quantitative estimate of drug-likeness (QED) is 0.628. The molecule has 0 aliphatic heterocycles. The van der Waals surface area contributed by atoms with E-state index in [1.54, 1.807) is 0 Å². The molecule has 96 valence electrons. The molecular weight excluding hydrogens is 221 g/mol. The fraction of sp³-hybridized carbons (Fsp3) is 0.909. The zero-order valence-electron chi connectivity index (χ0n) is 9.35. The molecule has 0 spiro atoms. The third-order valence-electron chi connectivity index (χ3n) is 2.30. The van der Waals surface area contributed by atoms with Gasteiger partial charge in [0.25, 0.3) is 0 Å². The van der Waals surface area contributed by atoms with Crippen molar-refractivity contribution in [2.45, 2.75) is 57.5 Å². The van der Waals surface area contributed by atoms with Gasteiger partial charge in [0, 0.05) is 19.4 Å². The second kappa shape index (κ2) is 8.56. The molecule has 0 aromatic heterocycles. The summed E-state index contributed by atoms with van der Waals surface area (Å²) >= 11 is 0. The Labute approximate surface area is 93.8 Å². The van der Waals surface area contributed by atoms with Crippen molar-refractivity contribution in [1.82, 2.24) is 0 Å². The molecule has 0 saturated carbocycles. The van der Waals surface area contributed by atoms with Crippen molar-refractivity contribution >= 4 is 5.78 Å². The number of aliphatic hydroxyl groups excluding tert-OH is 1. The second-order valence-electron chi connectivity index (χ2n) is 3.90. The summed E-state index contributed by atoms with van der Waals surface area (Å²) in [6.45, 7) is 0.171. The number of hydrogen-bond donors (Lipinski definition) is 1. The van der Waals surface area contributed by atoms with E-state index in [1.165, 1.54) is 0 Å². The van der Waals surface area contributed by atoms with Gasteiger partial charge in [0.15, 0.2) is 0 Å². The molecule has 0 radical (unpaired) electrons. The first-order chi connectivity index (χ1) is 7.45. The van der Waals surface area contributed by atoms with E-state index >= 15 is 0 Å². The standard InChI is InChI=1S/C11H19F3O2/c12-11(13,14)8-7-10(16)6-4-2-1-3-5-9-15/h15H,1-9H2. The number of rotatable bonds is 9. The Morgan fingerprint density at radius 3 is 2.06 bits per heavy atom. The summed E-state index contributed by atoms with van der Waals surface area (Å²) in [5, 5.41) is 8.50. The molecule has 2 nitrogen and oxygen atoms in total. The predicted molar refractivity (Wildman–Crippen MR) is 55.1 cm³/mol. The Balaban J connectivity index is 3.31. The van der Waals surface area contributed by atoms with Crippen LogP contribution >= 0.6 is 0 Å². The van der Waals surface area contributed by atoms with Gasteiger partial charge in [0.1, 0.15) is 5.78 Å². The van der Waals surface area contributed by atoms with Crippen LogP contribution in [0.25, 0.3) is 0 Å². The summed E-state index contributed by atoms with van der Waals surface area (Å²) in [5.74, 6) is -0.306. The summed E-state index contributed by atoms with van der Waals surface area (Å²) in [4.78, 5) is 11.0. The van der Waals surface area contributed by atoms with E-state index in [-0.39, 0.29) is 25.2 Å². The van der Waals surface area contributed by atoms with Gasteiger partial charge in [0.2, 0.25) is 0 Å². The average molecular weight is 240 g/mol. The number of carbonyl (C=O) groups is 1. The minimum atomic E-state index is -4.23. The third-order valence-corrected chi connectivity index (χ3v) is 2.30. The molecule has 0 heterocycles. The zero-order valence-corrected chi connectivity index (χ0v) is 9.35. The first kappa shape index (κ1) is 15.4. The van der Waals surface area contributed by atoms with Crippen LogP contribution in [0.4, 0.5) is 13.2 Å². The fourth-order valence-corrected chi connectivity index (χ4v) is 1.37. The Bertz CT molecular complexity index is 190. The van der Waals surface area contributed by atoms with Crippen LogP contribution in [0.15, 0.2) is 0 Å². The Morgan fingerprint density at radius 1 is 0.938 bits per heavy atom. The zero-order chi connectivity index (χ0) is 12.4. The van der Waals surface area contributed by atoms with E-state index in [2.05, 4.69) is 0 Å². The maximum atomic E-state index is 11.8. The van der Waals surface area contributed by atoms with Gasteiger partial charge in [-0.1, -0.05) is 19.3 Å². The molecule has 16 heavy (non-hydrogen) atoms. The highest BCUT2D eigenvalue weighted by Crippen LogP contribution is 2.22. The largest absolute Gasteiger partial charge is 0.396 e. The summed E-state index contributed by atoms with van der Waals surface area (Å²) in [6, 6.07) is 0. The third kappa shape index (κ3) is 11.5. The summed E-state index contributed by atoms with van der Waals surface area (Å²) in [5.41, 5.74) is 0. The lowest BCUT2D eigenvalue weighted by atomic mass is 10.1. The summed E-state index contributed by atoms with van der Waals surface area (Å²) in [7, 11) is 0. The van der Waals surface area contributed by atoms with Crippen LogP contribution in [0.5, 0.6) is 0 Å². The Hall–Kier alpha value is -0.580. The minimum absolute atomic E-state index is 0.171. The first-order valence-electron chi connectivity index (χ1n) is 5.65. The van der Waals surface area contributed by atoms with Gasteiger partial charge >= 0.3 is 6.18 Å². The lowest BCUT2D eigenvalue weighted by Gasteiger charge is -2.05. The molecule has 0 aromatic carbocycles. The summed E-state index contributed by atoms with van der Waals surface area (Å²) in [6.07, 6.45) is -1.29. The van der Waals surface area contributed by atoms with E-state index in [1.807, 2.05) is 0 Å². The van der Waals surface area contributed by atoms with E-state index in [0.29, 0.717) is 6.42 Å². The topological polar surface area (TPSA) is 37.3 Å². The SMILES string of the molecule is O=C(CCCCCCCO)CCC(F)(F)F. The summed E-state index contributed by atoms with van der Waals surface area (Å²) < 4.78 is 35.3. The van der Waals surface area contributed by atoms with Crippen molar-refractivity contribution in [3.05, 3.63) is 0 Å². The smallest absolute Gasteiger partial charge is 0.389 e. The van der Waals surface area contributed by atoms with Crippen molar-refractivity contribution in [2.75, 3.05) is 6.61 Å². The van der Waals surface area contributed by atoms with Gasteiger partial charge in [-0.05, 0) is 12.8 Å². The molecule has 0 bridgehead atoms. The molecule has 0 atom stereocenters. The van der Waals surface area contributed by atoms with Crippen LogP contribution in [0.2, 0.25) is 0 Å². The number of hydrogen-bond acceptors (Lipinski definition) is 2. The predicted octanol–water partition coefficient (Wildman–Crippen LogP) is 3.23. The Kier molecular flexibility index (Phi) is 8.25. The fourth-order valence-electron chi connectivity index (χ4n) is 1.37. The molecule has 0 rings (SSSR count). The molecular formula is C11H19F3O2. The highest BCUT2D eigenvalue weighted by Gasteiger charge is 2.27. The van der Waals surface area contributed by atoms with Crippen LogP contribution in [0.3, 0.4) is 0 Å². The number of alkyl halides is 3. The molecule has 0 fully saturated rings. The van der Waals surface area contributed by atoms with Crippen LogP contribution in [-0.4, -0.2) is 23.7 Å². The van der Waals surface area contributed by atoms with Crippen molar-refractivity contribution in [3.63, 3.8) is 0 Å². The van der Waals surface area contributed by atoms with Crippen molar-refractivity contribution in [1.29, 1.82) is 0 Å². The highest BCUT2D eigenvalue weighted by molar-refractivity contribution is 5.78. The van der Waals surface area contributed by atoms with Crippen LogP contribution < -0.4 is 0 Å². The number of aliphatic hydroxyl groups is 1. The van der Waals surface area contributed by atoms with Gasteiger partial charge in [-0.2, -0.15) is 13.2 Å². The van der Waals surface area contributed by atoms with Crippen molar-refractivity contribution in [3.8, 4) is 0 Å². The number of unbranched alkanes of at least 4 members (excludes halogenated alkanes) is 4. The van der Waals surface area contributed by atoms with Crippen molar-refractivity contribution in [2.24, 2.45) is 0 Å². The van der Waals surface area contributed by atoms with Gasteiger partial charge in [-0.15, -0.1) is 0 Å². The number of Topliss-reactive ketones (excluding diaryl/α,β-unsaturated/α-hetero) is 1. The monoisotopic (exact) mass is 240 g/mol.